The van der Waals surface area contributed by atoms with E-state index in [1.807, 2.05) is 31.2 Å². The van der Waals surface area contributed by atoms with Gasteiger partial charge in [-0.25, -0.2) is 0 Å². The highest BCUT2D eigenvalue weighted by Crippen LogP contribution is 2.39. The van der Waals surface area contributed by atoms with Crippen molar-refractivity contribution in [2.24, 2.45) is 0 Å². The molecule has 38 heavy (non-hydrogen) atoms. The number of ether oxygens (including phenoxy) is 1. The molecule has 1 unspecified atom stereocenters. The van der Waals surface area contributed by atoms with E-state index in [0.29, 0.717) is 48.6 Å². The van der Waals surface area contributed by atoms with Gasteiger partial charge in [-0.15, -0.1) is 0 Å². The lowest BCUT2D eigenvalue weighted by molar-refractivity contribution is -0.128. The second-order valence-corrected chi connectivity index (χ2v) is 10.0. The van der Waals surface area contributed by atoms with Crippen LogP contribution in [0.2, 0.25) is 5.02 Å². The molecular weight excluding hydrogens is 504 g/mol. The molecule has 0 saturated carbocycles. The summed E-state index contributed by atoms with van der Waals surface area (Å²) in [7, 11) is 0. The fraction of sp³-hybridized carbons (Fsp3) is 0.310. The van der Waals surface area contributed by atoms with Crippen molar-refractivity contribution in [3.05, 3.63) is 100 Å². The van der Waals surface area contributed by atoms with Crippen molar-refractivity contribution in [3.63, 3.8) is 0 Å². The average Bonchev–Trinajstić information content (AvgIpc) is 3.31. The SMILES string of the molecule is Cc1ccccc1C(=O)N1C(C(=O)NCc2cccnc2)COC12CCN(C(=O)c1ccccc1Cl)CC2. The maximum Gasteiger partial charge on any atom is 0.257 e. The van der Waals surface area contributed by atoms with E-state index in [-0.39, 0.29) is 24.3 Å². The third kappa shape index (κ3) is 5.01. The second-order valence-electron chi connectivity index (χ2n) is 9.61. The first kappa shape index (κ1) is 25.9. The van der Waals surface area contributed by atoms with Crippen molar-refractivity contribution in [3.8, 4) is 0 Å². The molecule has 0 bridgehead atoms. The minimum absolute atomic E-state index is 0.0783. The van der Waals surface area contributed by atoms with E-state index in [2.05, 4.69) is 10.3 Å². The number of hydrogen-bond acceptors (Lipinski definition) is 5. The standard InChI is InChI=1S/C29H29ClN4O4/c1-20-7-2-3-9-22(20)28(37)34-25(26(35)32-18-21-8-6-14-31-17-21)19-38-29(34)12-15-33(16-13-29)27(36)23-10-4-5-11-24(23)30/h2-11,14,17,25H,12-13,15-16,18-19H2,1H3,(H,32,35). The third-order valence-corrected chi connectivity index (χ3v) is 7.61. The monoisotopic (exact) mass is 532 g/mol. The highest BCUT2D eigenvalue weighted by molar-refractivity contribution is 6.33. The number of pyridine rings is 1. The molecule has 1 aromatic heterocycles. The van der Waals surface area contributed by atoms with Crippen LogP contribution >= 0.6 is 11.6 Å². The van der Waals surface area contributed by atoms with E-state index in [9.17, 15) is 14.4 Å². The molecule has 3 amide bonds. The molecule has 2 fully saturated rings. The summed E-state index contributed by atoms with van der Waals surface area (Å²) in [6.07, 6.45) is 4.13. The van der Waals surface area contributed by atoms with Crippen LogP contribution in [0.3, 0.4) is 0 Å². The van der Waals surface area contributed by atoms with Crippen LogP contribution in [0, 0.1) is 6.92 Å². The van der Waals surface area contributed by atoms with Crippen LogP contribution in [-0.2, 0) is 16.1 Å². The summed E-state index contributed by atoms with van der Waals surface area (Å²) in [5.74, 6) is -0.707. The molecule has 3 heterocycles. The minimum Gasteiger partial charge on any atom is -0.353 e. The number of hydrogen-bond donors (Lipinski definition) is 1. The minimum atomic E-state index is -0.993. The Morgan fingerprint density at radius 1 is 1.00 bits per heavy atom. The van der Waals surface area contributed by atoms with Gasteiger partial charge in [-0.1, -0.05) is 48.0 Å². The van der Waals surface area contributed by atoms with Crippen LogP contribution < -0.4 is 5.32 Å². The van der Waals surface area contributed by atoms with Gasteiger partial charge in [0.25, 0.3) is 11.8 Å². The van der Waals surface area contributed by atoms with Gasteiger partial charge in [0.05, 0.1) is 17.2 Å². The predicted octanol–water partition coefficient (Wildman–Crippen LogP) is 3.83. The molecule has 1 spiro atoms. The maximum atomic E-state index is 14.0. The van der Waals surface area contributed by atoms with Gasteiger partial charge in [-0.05, 0) is 42.3 Å². The number of carbonyl (C=O) groups excluding carboxylic acids is 3. The molecule has 0 aliphatic carbocycles. The van der Waals surface area contributed by atoms with Crippen molar-refractivity contribution in [1.82, 2.24) is 20.1 Å². The molecular formula is C29H29ClN4O4. The molecule has 1 N–H and O–H groups in total. The summed E-state index contributed by atoms with van der Waals surface area (Å²) in [5.41, 5.74) is 1.65. The van der Waals surface area contributed by atoms with Crippen LogP contribution in [0.15, 0.2) is 73.1 Å². The maximum absolute atomic E-state index is 14.0. The molecule has 3 aromatic rings. The van der Waals surface area contributed by atoms with Gasteiger partial charge in [-0.2, -0.15) is 0 Å². The van der Waals surface area contributed by atoms with E-state index < -0.39 is 11.8 Å². The van der Waals surface area contributed by atoms with Crippen LogP contribution in [-0.4, -0.2) is 64.0 Å². The van der Waals surface area contributed by atoms with Crippen LogP contribution in [0.4, 0.5) is 0 Å². The first-order valence-electron chi connectivity index (χ1n) is 12.6. The summed E-state index contributed by atoms with van der Waals surface area (Å²) in [5, 5.41) is 3.34. The number of halogens is 1. The zero-order valence-electron chi connectivity index (χ0n) is 21.1. The Morgan fingerprint density at radius 3 is 2.39 bits per heavy atom. The molecule has 1 atom stereocenters. The van der Waals surface area contributed by atoms with Gasteiger partial charge in [-0.3, -0.25) is 24.3 Å². The van der Waals surface area contributed by atoms with E-state index in [1.54, 1.807) is 58.6 Å². The highest BCUT2D eigenvalue weighted by atomic mass is 35.5. The molecule has 0 radical (unpaired) electrons. The van der Waals surface area contributed by atoms with Gasteiger partial charge >= 0.3 is 0 Å². The number of piperidine rings is 1. The fourth-order valence-electron chi connectivity index (χ4n) is 5.18. The van der Waals surface area contributed by atoms with E-state index in [0.717, 1.165) is 11.1 Å². The Hall–Kier alpha value is -3.75. The average molecular weight is 533 g/mol. The van der Waals surface area contributed by atoms with Crippen LogP contribution in [0.1, 0.15) is 44.7 Å². The number of amides is 3. The first-order valence-corrected chi connectivity index (χ1v) is 13.0. The number of aromatic nitrogens is 1. The van der Waals surface area contributed by atoms with Crippen LogP contribution in [0.5, 0.6) is 0 Å². The zero-order valence-corrected chi connectivity index (χ0v) is 21.9. The largest absolute Gasteiger partial charge is 0.353 e. The molecule has 2 aliphatic rings. The number of benzene rings is 2. The quantitative estimate of drug-likeness (QED) is 0.539. The van der Waals surface area contributed by atoms with Crippen molar-refractivity contribution in [2.75, 3.05) is 19.7 Å². The summed E-state index contributed by atoms with van der Waals surface area (Å²) < 4.78 is 6.29. The van der Waals surface area contributed by atoms with Gasteiger partial charge in [0.2, 0.25) is 5.91 Å². The number of carbonyl (C=O) groups is 3. The molecule has 5 rings (SSSR count). The van der Waals surface area contributed by atoms with Crippen molar-refractivity contribution in [2.45, 2.75) is 38.1 Å². The molecule has 196 valence electrons. The second kappa shape index (κ2) is 10.9. The molecule has 2 saturated heterocycles. The molecule has 2 aliphatic heterocycles. The number of rotatable bonds is 5. The number of likely N-dealkylation sites (tertiary alicyclic amines) is 1. The van der Waals surface area contributed by atoms with E-state index in [4.69, 9.17) is 16.3 Å². The molecule has 9 heteroatoms. The van der Waals surface area contributed by atoms with Gasteiger partial charge in [0.15, 0.2) is 0 Å². The lowest BCUT2D eigenvalue weighted by Gasteiger charge is -2.44. The zero-order chi connectivity index (χ0) is 26.7. The Kier molecular flexibility index (Phi) is 7.44. The molecule has 8 nitrogen and oxygen atoms in total. The van der Waals surface area contributed by atoms with E-state index >= 15 is 0 Å². The fourth-order valence-corrected chi connectivity index (χ4v) is 5.40. The summed E-state index contributed by atoms with van der Waals surface area (Å²) in [4.78, 5) is 47.9. The third-order valence-electron chi connectivity index (χ3n) is 7.28. The highest BCUT2D eigenvalue weighted by Gasteiger charge is 2.54. The van der Waals surface area contributed by atoms with Crippen molar-refractivity contribution < 1.29 is 19.1 Å². The lowest BCUT2D eigenvalue weighted by atomic mass is 9.95. The Bertz CT molecular complexity index is 1340. The van der Waals surface area contributed by atoms with Gasteiger partial charge in [0.1, 0.15) is 11.8 Å². The smallest absolute Gasteiger partial charge is 0.257 e. The summed E-state index contributed by atoms with van der Waals surface area (Å²) in [6, 6.07) is 17.2. The normalized spacial score (nSPS) is 18.4. The summed E-state index contributed by atoms with van der Waals surface area (Å²) >= 11 is 6.26. The van der Waals surface area contributed by atoms with Gasteiger partial charge < -0.3 is 15.0 Å². The number of aryl methyl sites for hydroxylation is 1. The summed E-state index contributed by atoms with van der Waals surface area (Å²) in [6.45, 7) is 2.98. The molecule has 2 aromatic carbocycles. The topological polar surface area (TPSA) is 91.8 Å². The predicted molar refractivity (Wildman–Crippen MR) is 142 cm³/mol. The number of nitrogens with zero attached hydrogens (tertiary/aromatic N) is 3. The Labute approximate surface area is 226 Å². The van der Waals surface area contributed by atoms with E-state index in [1.165, 1.54) is 0 Å². The Morgan fingerprint density at radius 2 is 1.71 bits per heavy atom. The van der Waals surface area contributed by atoms with Gasteiger partial charge in [0, 0.05) is 50.4 Å². The van der Waals surface area contributed by atoms with Crippen LogP contribution in [0.25, 0.3) is 0 Å². The number of nitrogens with one attached hydrogen (secondary N) is 1. The first-order chi connectivity index (χ1) is 18.4. The Balaban J connectivity index is 1.38. The lowest BCUT2D eigenvalue weighted by Crippen LogP contribution is -2.59. The van der Waals surface area contributed by atoms with Crippen molar-refractivity contribution in [1.29, 1.82) is 0 Å². The van der Waals surface area contributed by atoms with Crippen molar-refractivity contribution >= 4 is 29.3 Å².